The normalized spacial score (nSPS) is 11.2. The summed E-state index contributed by atoms with van der Waals surface area (Å²) in [6.45, 7) is 0. The van der Waals surface area contributed by atoms with Gasteiger partial charge in [0.25, 0.3) is 10.0 Å². The number of hydrogen-bond donors (Lipinski definition) is 0. The van der Waals surface area contributed by atoms with Gasteiger partial charge >= 0.3 is 5.97 Å². The number of anilines is 1. The van der Waals surface area contributed by atoms with E-state index in [1.807, 2.05) is 0 Å². The Kier molecular flexibility index (Phi) is 4.24. The minimum Gasteiger partial charge on any atom is -0.464 e. The van der Waals surface area contributed by atoms with Gasteiger partial charge in [0.1, 0.15) is 5.82 Å². The fraction of sp³-hybridized carbons (Fsp3) is 0.167. The fourth-order valence-corrected chi connectivity index (χ4v) is 4.05. The molecule has 0 aliphatic carbocycles. The standard InChI is InChI=1S/C12H11FN2O4S2/c1-15(9-5-3-8(13)4-6-9)21(17,18)12-10(11(16)19-2)14-7-20-12/h3-7H,1-2H3. The lowest BCUT2D eigenvalue weighted by atomic mass is 10.3. The average Bonchev–Trinajstić information content (AvgIpc) is 2.96. The van der Waals surface area contributed by atoms with Crippen molar-refractivity contribution in [3.05, 3.63) is 41.3 Å². The number of ether oxygens (including phenoxy) is 1. The van der Waals surface area contributed by atoms with Crippen molar-refractivity contribution in [2.45, 2.75) is 4.21 Å². The van der Waals surface area contributed by atoms with E-state index in [9.17, 15) is 17.6 Å². The molecule has 1 heterocycles. The first kappa shape index (κ1) is 15.4. The third kappa shape index (κ3) is 2.88. The van der Waals surface area contributed by atoms with E-state index in [4.69, 9.17) is 0 Å². The molecule has 21 heavy (non-hydrogen) atoms. The Hall–Kier alpha value is -2.00. The lowest BCUT2D eigenvalue weighted by Crippen LogP contribution is -2.27. The zero-order chi connectivity index (χ0) is 15.6. The molecule has 0 amide bonds. The number of benzene rings is 1. The molecule has 6 nitrogen and oxygen atoms in total. The summed E-state index contributed by atoms with van der Waals surface area (Å²) in [6, 6.07) is 4.95. The van der Waals surface area contributed by atoms with Crippen molar-refractivity contribution in [2.24, 2.45) is 0 Å². The molecule has 2 rings (SSSR count). The van der Waals surface area contributed by atoms with E-state index in [2.05, 4.69) is 9.72 Å². The Bertz CT molecular complexity index is 756. The molecule has 0 bridgehead atoms. The average molecular weight is 330 g/mol. The predicted molar refractivity (Wildman–Crippen MR) is 75.4 cm³/mol. The van der Waals surface area contributed by atoms with Crippen molar-refractivity contribution >= 4 is 33.0 Å². The number of hydrogen-bond acceptors (Lipinski definition) is 6. The molecule has 0 N–H and O–H groups in total. The second-order valence-electron chi connectivity index (χ2n) is 3.93. The first-order valence-electron chi connectivity index (χ1n) is 5.64. The van der Waals surface area contributed by atoms with Crippen molar-refractivity contribution < 1.29 is 22.3 Å². The molecule has 0 atom stereocenters. The fourth-order valence-electron chi connectivity index (χ4n) is 1.57. The molecule has 1 aromatic carbocycles. The summed E-state index contributed by atoms with van der Waals surface area (Å²) in [5.74, 6) is -1.31. The van der Waals surface area contributed by atoms with E-state index >= 15 is 0 Å². The third-order valence-electron chi connectivity index (χ3n) is 2.70. The van der Waals surface area contributed by atoms with Crippen LogP contribution in [0.3, 0.4) is 0 Å². The Morgan fingerprint density at radius 1 is 1.33 bits per heavy atom. The van der Waals surface area contributed by atoms with Crippen LogP contribution in [-0.4, -0.2) is 33.5 Å². The smallest absolute Gasteiger partial charge is 0.358 e. The summed E-state index contributed by atoms with van der Waals surface area (Å²) in [4.78, 5) is 15.3. The Labute approximate surface area is 124 Å². The van der Waals surface area contributed by atoms with E-state index in [-0.39, 0.29) is 15.6 Å². The summed E-state index contributed by atoms with van der Waals surface area (Å²) in [5, 5.41) is 0. The molecule has 112 valence electrons. The van der Waals surface area contributed by atoms with Crippen LogP contribution in [0.5, 0.6) is 0 Å². The van der Waals surface area contributed by atoms with Gasteiger partial charge in [-0.05, 0) is 24.3 Å². The molecule has 0 saturated carbocycles. The van der Waals surface area contributed by atoms with Crippen LogP contribution in [0.2, 0.25) is 0 Å². The van der Waals surface area contributed by atoms with E-state index in [0.717, 1.165) is 34.9 Å². The van der Waals surface area contributed by atoms with E-state index < -0.39 is 21.8 Å². The number of carbonyl (C=O) groups excluding carboxylic acids is 1. The summed E-state index contributed by atoms with van der Waals surface area (Å²) in [6.07, 6.45) is 0. The Morgan fingerprint density at radius 3 is 2.52 bits per heavy atom. The second kappa shape index (κ2) is 5.78. The molecule has 0 aliphatic heterocycles. The molecule has 0 saturated heterocycles. The highest BCUT2D eigenvalue weighted by Gasteiger charge is 2.30. The number of esters is 1. The third-order valence-corrected chi connectivity index (χ3v) is 5.83. The molecule has 0 aliphatic rings. The molecule has 2 aromatic rings. The maximum atomic E-state index is 12.9. The van der Waals surface area contributed by atoms with E-state index in [1.165, 1.54) is 24.7 Å². The maximum Gasteiger partial charge on any atom is 0.358 e. The summed E-state index contributed by atoms with van der Waals surface area (Å²) in [7, 11) is -1.53. The highest BCUT2D eigenvalue weighted by atomic mass is 32.2. The van der Waals surface area contributed by atoms with Crippen LogP contribution in [0.15, 0.2) is 34.0 Å². The molecule has 1 aromatic heterocycles. The largest absolute Gasteiger partial charge is 0.464 e. The second-order valence-corrected chi connectivity index (χ2v) is 6.95. The Balaban J connectivity index is 2.45. The monoisotopic (exact) mass is 330 g/mol. The van der Waals surface area contributed by atoms with Crippen LogP contribution in [0.4, 0.5) is 10.1 Å². The number of sulfonamides is 1. The summed E-state index contributed by atoms with van der Waals surface area (Å²) in [5.41, 5.74) is 1.24. The first-order chi connectivity index (χ1) is 9.87. The Morgan fingerprint density at radius 2 is 1.95 bits per heavy atom. The minimum atomic E-state index is -3.98. The molecule has 0 unspecified atom stereocenters. The van der Waals surface area contributed by atoms with E-state index in [0.29, 0.717) is 0 Å². The first-order valence-corrected chi connectivity index (χ1v) is 7.96. The maximum absolute atomic E-state index is 12.9. The van der Waals surface area contributed by atoms with Gasteiger partial charge in [-0.25, -0.2) is 22.6 Å². The highest BCUT2D eigenvalue weighted by molar-refractivity contribution is 7.94. The number of halogens is 1. The van der Waals surface area contributed by atoms with Gasteiger partial charge in [-0.15, -0.1) is 11.3 Å². The van der Waals surface area contributed by atoms with Crippen LogP contribution in [-0.2, 0) is 14.8 Å². The van der Waals surface area contributed by atoms with Crippen LogP contribution < -0.4 is 4.31 Å². The molecule has 0 fully saturated rings. The van der Waals surface area contributed by atoms with Gasteiger partial charge in [-0.2, -0.15) is 0 Å². The van der Waals surface area contributed by atoms with Crippen LogP contribution in [0, 0.1) is 5.82 Å². The number of methoxy groups -OCH3 is 1. The lowest BCUT2D eigenvalue weighted by molar-refractivity contribution is 0.0590. The zero-order valence-electron chi connectivity index (χ0n) is 11.1. The van der Waals surface area contributed by atoms with Crippen molar-refractivity contribution in [1.29, 1.82) is 0 Å². The molecular weight excluding hydrogens is 319 g/mol. The molecule has 0 spiro atoms. The van der Waals surface area contributed by atoms with Gasteiger partial charge in [-0.1, -0.05) is 0 Å². The highest BCUT2D eigenvalue weighted by Crippen LogP contribution is 2.27. The van der Waals surface area contributed by atoms with Crippen LogP contribution in [0.1, 0.15) is 10.5 Å². The predicted octanol–water partition coefficient (Wildman–Crippen LogP) is 1.89. The number of rotatable bonds is 4. The molecule has 0 radical (unpaired) electrons. The molecule has 9 heteroatoms. The zero-order valence-corrected chi connectivity index (χ0v) is 12.7. The van der Waals surface area contributed by atoms with Crippen molar-refractivity contribution in [1.82, 2.24) is 4.98 Å². The van der Waals surface area contributed by atoms with Crippen LogP contribution in [0.25, 0.3) is 0 Å². The summed E-state index contributed by atoms with van der Waals surface area (Å²) >= 11 is 0.811. The minimum absolute atomic E-state index is 0.221. The topological polar surface area (TPSA) is 76.6 Å². The number of thiazole rings is 1. The number of carbonyl (C=O) groups is 1. The van der Waals surface area contributed by atoms with Gasteiger partial charge in [0.05, 0.1) is 18.3 Å². The van der Waals surface area contributed by atoms with E-state index in [1.54, 1.807) is 0 Å². The van der Waals surface area contributed by atoms with Gasteiger partial charge in [0.2, 0.25) is 0 Å². The van der Waals surface area contributed by atoms with Crippen molar-refractivity contribution in [3.63, 3.8) is 0 Å². The lowest BCUT2D eigenvalue weighted by Gasteiger charge is -2.18. The van der Waals surface area contributed by atoms with Gasteiger partial charge in [0, 0.05) is 7.05 Å². The van der Waals surface area contributed by atoms with Gasteiger partial charge in [0.15, 0.2) is 9.90 Å². The number of aromatic nitrogens is 1. The van der Waals surface area contributed by atoms with Gasteiger partial charge in [-0.3, -0.25) is 4.31 Å². The van der Waals surface area contributed by atoms with Crippen molar-refractivity contribution in [3.8, 4) is 0 Å². The van der Waals surface area contributed by atoms with Gasteiger partial charge < -0.3 is 4.74 Å². The van der Waals surface area contributed by atoms with Crippen molar-refractivity contribution in [2.75, 3.05) is 18.5 Å². The molecular formula is C12H11FN2O4S2. The summed E-state index contributed by atoms with van der Waals surface area (Å²) < 4.78 is 43.2. The SMILES string of the molecule is COC(=O)c1ncsc1S(=O)(=O)N(C)c1ccc(F)cc1. The quantitative estimate of drug-likeness (QED) is 0.800. The number of nitrogens with zero attached hydrogens (tertiary/aromatic N) is 2. The van der Waals surface area contributed by atoms with Crippen LogP contribution >= 0.6 is 11.3 Å².